The van der Waals surface area contributed by atoms with Crippen LogP contribution in [0.2, 0.25) is 0 Å². The third kappa shape index (κ3) is 3.22. The molecule has 0 atom stereocenters. The molecule has 0 aliphatic carbocycles. The number of aromatic nitrogens is 3. The Kier molecular flexibility index (Phi) is 4.14. The van der Waals surface area contributed by atoms with Gasteiger partial charge in [0.1, 0.15) is 0 Å². The lowest BCUT2D eigenvalue weighted by atomic mass is 10.1. The molecule has 0 amide bonds. The number of rotatable bonds is 1. The van der Waals surface area contributed by atoms with E-state index in [1.165, 1.54) is 6.92 Å². The van der Waals surface area contributed by atoms with Crippen molar-refractivity contribution in [3.05, 3.63) is 53.3 Å². The van der Waals surface area contributed by atoms with Gasteiger partial charge in [-0.1, -0.05) is 18.1 Å². The minimum Gasteiger partial charge on any atom is -0.227 e. The van der Waals surface area contributed by atoms with Crippen LogP contribution in [0.5, 0.6) is 0 Å². The van der Waals surface area contributed by atoms with E-state index in [4.69, 9.17) is 0 Å². The first-order valence-electron chi connectivity index (χ1n) is 7.17. The molecule has 0 bridgehead atoms. The number of fused-ring (bicyclic) bond motifs is 1. The Morgan fingerprint density at radius 2 is 1.62 bits per heavy atom. The average molecular weight is 369 g/mol. The van der Waals surface area contributed by atoms with Gasteiger partial charge in [0.2, 0.25) is 0 Å². The zero-order chi connectivity index (χ0) is 19.1. The first kappa shape index (κ1) is 17.8. The molecule has 134 valence electrons. The first-order chi connectivity index (χ1) is 12.1. The molecule has 3 nitrogen and oxygen atoms in total. The topological polar surface area (TPSA) is 30.2 Å². The van der Waals surface area contributed by atoms with Gasteiger partial charge >= 0.3 is 12.4 Å². The van der Waals surface area contributed by atoms with Gasteiger partial charge in [0.25, 0.3) is 0 Å². The zero-order valence-corrected chi connectivity index (χ0v) is 13.1. The van der Waals surface area contributed by atoms with Gasteiger partial charge in [-0.15, -0.1) is 5.92 Å². The highest BCUT2D eigenvalue weighted by molar-refractivity contribution is 5.66. The summed E-state index contributed by atoms with van der Waals surface area (Å²) in [6.07, 6.45) is -8.11. The molecule has 3 aromatic rings. The van der Waals surface area contributed by atoms with Crippen LogP contribution in [0.25, 0.3) is 16.9 Å². The van der Waals surface area contributed by atoms with Crippen LogP contribution < -0.4 is 0 Å². The molecule has 0 saturated carbocycles. The Morgan fingerprint density at radius 1 is 0.962 bits per heavy atom. The second-order valence-corrected chi connectivity index (χ2v) is 5.27. The fourth-order valence-electron chi connectivity index (χ4n) is 2.37. The van der Waals surface area contributed by atoms with E-state index < -0.39 is 23.6 Å². The molecule has 2 aromatic heterocycles. The summed E-state index contributed by atoms with van der Waals surface area (Å²) in [6, 6.07) is 4.47. The van der Waals surface area contributed by atoms with Crippen LogP contribution in [-0.4, -0.2) is 14.6 Å². The predicted octanol–water partition coefficient (Wildman–Crippen LogP) is 4.81. The fourth-order valence-corrected chi connectivity index (χ4v) is 2.37. The second-order valence-electron chi connectivity index (χ2n) is 5.27. The summed E-state index contributed by atoms with van der Waals surface area (Å²) in [5.74, 6) is 5.16. The van der Waals surface area contributed by atoms with Crippen LogP contribution in [0.15, 0.2) is 36.5 Å². The van der Waals surface area contributed by atoms with Gasteiger partial charge in [-0.2, -0.15) is 31.4 Å². The van der Waals surface area contributed by atoms with Crippen LogP contribution >= 0.6 is 0 Å². The quantitative estimate of drug-likeness (QED) is 0.455. The van der Waals surface area contributed by atoms with Crippen molar-refractivity contribution in [1.82, 2.24) is 14.6 Å². The van der Waals surface area contributed by atoms with Crippen molar-refractivity contribution in [3.8, 4) is 23.1 Å². The zero-order valence-electron chi connectivity index (χ0n) is 13.1. The van der Waals surface area contributed by atoms with E-state index >= 15 is 0 Å². The number of halogens is 6. The van der Waals surface area contributed by atoms with Crippen LogP contribution in [0, 0.1) is 11.8 Å². The first-order valence-corrected chi connectivity index (χ1v) is 7.17. The van der Waals surface area contributed by atoms with Gasteiger partial charge < -0.3 is 0 Å². The molecular formula is C17H9F6N3. The number of hydrogen-bond acceptors (Lipinski definition) is 2. The van der Waals surface area contributed by atoms with Gasteiger partial charge in [0.15, 0.2) is 11.3 Å². The molecule has 0 aliphatic heterocycles. The average Bonchev–Trinajstić information content (AvgIpc) is 2.96. The molecule has 0 spiro atoms. The van der Waals surface area contributed by atoms with Gasteiger partial charge in [0, 0.05) is 5.56 Å². The summed E-state index contributed by atoms with van der Waals surface area (Å²) < 4.78 is 78.7. The molecule has 0 N–H and O–H groups in total. The smallest absolute Gasteiger partial charge is 0.227 e. The molecule has 1 aromatic carbocycles. The van der Waals surface area contributed by atoms with E-state index in [1.54, 1.807) is 0 Å². The van der Waals surface area contributed by atoms with Crippen molar-refractivity contribution in [2.45, 2.75) is 19.3 Å². The summed E-state index contributed by atoms with van der Waals surface area (Å²) in [7, 11) is 0. The number of alkyl halides is 6. The molecule has 2 heterocycles. The fraction of sp³-hybridized carbons (Fsp3) is 0.176. The monoisotopic (exact) mass is 369 g/mol. The maximum Gasteiger partial charge on any atom is 0.433 e. The lowest BCUT2D eigenvalue weighted by Crippen LogP contribution is -2.13. The van der Waals surface area contributed by atoms with Gasteiger partial charge in [-0.25, -0.2) is 9.50 Å². The summed E-state index contributed by atoms with van der Waals surface area (Å²) in [5, 5.41) is 3.67. The summed E-state index contributed by atoms with van der Waals surface area (Å²) in [4.78, 5) is 4.11. The SMILES string of the molecule is CC#Cc1cnn2c(C(F)(F)F)cc(-c3ccc(C(F)(F)F)cc3)nc12. The van der Waals surface area contributed by atoms with Crippen LogP contribution in [-0.2, 0) is 12.4 Å². The molecule has 0 radical (unpaired) electrons. The van der Waals surface area contributed by atoms with E-state index in [0.29, 0.717) is 4.52 Å². The largest absolute Gasteiger partial charge is 0.433 e. The Bertz CT molecular complexity index is 1020. The van der Waals surface area contributed by atoms with Crippen molar-refractivity contribution in [2.75, 3.05) is 0 Å². The van der Waals surface area contributed by atoms with Crippen molar-refractivity contribution in [3.63, 3.8) is 0 Å². The van der Waals surface area contributed by atoms with Crippen LogP contribution in [0.1, 0.15) is 23.7 Å². The maximum absolute atomic E-state index is 13.4. The summed E-state index contributed by atoms with van der Waals surface area (Å²) in [5.41, 5.74) is -1.95. The van der Waals surface area contributed by atoms with Crippen LogP contribution in [0.4, 0.5) is 26.3 Å². The standard InChI is InChI=1S/C17H9F6N3/c1-2-3-11-9-24-26-14(17(21,22)23)8-13(25-15(11)26)10-4-6-12(7-5-10)16(18,19)20/h4-9H,1H3. The summed E-state index contributed by atoms with van der Waals surface area (Å²) >= 11 is 0. The molecule has 0 saturated heterocycles. The lowest BCUT2D eigenvalue weighted by Gasteiger charge is -2.12. The highest BCUT2D eigenvalue weighted by Crippen LogP contribution is 2.34. The van der Waals surface area contributed by atoms with Crippen molar-refractivity contribution in [1.29, 1.82) is 0 Å². The van der Waals surface area contributed by atoms with Crippen molar-refractivity contribution >= 4 is 5.65 Å². The summed E-state index contributed by atoms with van der Waals surface area (Å²) in [6.45, 7) is 1.51. The molecule has 26 heavy (non-hydrogen) atoms. The minimum absolute atomic E-state index is 0.114. The van der Waals surface area contributed by atoms with Gasteiger partial charge in [-0.3, -0.25) is 0 Å². The number of hydrogen-bond donors (Lipinski definition) is 0. The van der Waals surface area contributed by atoms with E-state index in [0.717, 1.165) is 36.5 Å². The highest BCUT2D eigenvalue weighted by Gasteiger charge is 2.35. The van der Waals surface area contributed by atoms with E-state index in [2.05, 4.69) is 21.9 Å². The third-order valence-corrected chi connectivity index (χ3v) is 3.53. The Hall–Kier alpha value is -3.02. The molecule has 0 aliphatic rings. The number of benzene rings is 1. The number of nitrogens with zero attached hydrogens (tertiary/aromatic N) is 3. The Balaban J connectivity index is 2.22. The predicted molar refractivity (Wildman–Crippen MR) is 81.0 cm³/mol. The highest BCUT2D eigenvalue weighted by atomic mass is 19.4. The molecule has 9 heteroatoms. The van der Waals surface area contributed by atoms with Crippen molar-refractivity contribution in [2.24, 2.45) is 0 Å². The second kappa shape index (κ2) is 6.05. The molecule has 3 rings (SSSR count). The van der Waals surface area contributed by atoms with E-state index in [-0.39, 0.29) is 22.5 Å². The molecule has 0 unspecified atom stereocenters. The van der Waals surface area contributed by atoms with Crippen LogP contribution in [0.3, 0.4) is 0 Å². The van der Waals surface area contributed by atoms with Crippen molar-refractivity contribution < 1.29 is 26.3 Å². The Labute approximate surface area is 143 Å². The van der Waals surface area contributed by atoms with E-state index in [9.17, 15) is 26.3 Å². The Morgan fingerprint density at radius 3 is 2.15 bits per heavy atom. The third-order valence-electron chi connectivity index (χ3n) is 3.53. The van der Waals surface area contributed by atoms with Gasteiger partial charge in [0.05, 0.1) is 23.0 Å². The maximum atomic E-state index is 13.4. The normalized spacial score (nSPS) is 12.1. The molecular weight excluding hydrogens is 360 g/mol. The lowest BCUT2D eigenvalue weighted by molar-refractivity contribution is -0.142. The minimum atomic E-state index is -4.73. The molecule has 0 fully saturated rings. The van der Waals surface area contributed by atoms with Gasteiger partial charge in [-0.05, 0) is 25.1 Å². The van der Waals surface area contributed by atoms with E-state index in [1.807, 2.05) is 0 Å².